The van der Waals surface area contributed by atoms with Crippen LogP contribution >= 0.6 is 0 Å². The van der Waals surface area contributed by atoms with Crippen molar-refractivity contribution in [1.29, 1.82) is 0 Å². The predicted octanol–water partition coefficient (Wildman–Crippen LogP) is 3.43. The smallest absolute Gasteiger partial charge is 0.128 e. The highest BCUT2D eigenvalue weighted by Gasteiger charge is 2.11. The van der Waals surface area contributed by atoms with Crippen molar-refractivity contribution >= 4 is 5.82 Å². The summed E-state index contributed by atoms with van der Waals surface area (Å²) >= 11 is 0. The number of hydrogen-bond acceptors (Lipinski definition) is 3. The Kier molecular flexibility index (Phi) is 6.13. The molecule has 3 heteroatoms. The Morgan fingerprint density at radius 3 is 2.28 bits per heavy atom. The van der Waals surface area contributed by atoms with E-state index in [2.05, 4.69) is 43.6 Å². The molecular weight excluding hydrogens is 222 g/mol. The van der Waals surface area contributed by atoms with Gasteiger partial charge in [-0.15, -0.1) is 0 Å². The van der Waals surface area contributed by atoms with Gasteiger partial charge < -0.3 is 10.6 Å². The Hall–Kier alpha value is -1.09. The summed E-state index contributed by atoms with van der Waals surface area (Å²) < 4.78 is 0. The largest absolute Gasteiger partial charge is 0.357 e. The van der Waals surface area contributed by atoms with E-state index in [0.29, 0.717) is 0 Å². The summed E-state index contributed by atoms with van der Waals surface area (Å²) in [5.74, 6) is 1.09. The molecular formula is C15H27N3. The molecule has 0 aliphatic rings. The number of anilines is 1. The molecule has 0 saturated carbocycles. The van der Waals surface area contributed by atoms with Crippen LogP contribution < -0.4 is 10.6 Å². The maximum atomic E-state index is 6.09. The van der Waals surface area contributed by atoms with E-state index in [4.69, 9.17) is 5.73 Å². The summed E-state index contributed by atoms with van der Waals surface area (Å²) in [6, 6.07) is 2.29. The molecule has 0 aliphatic heterocycles. The van der Waals surface area contributed by atoms with Gasteiger partial charge in [-0.3, -0.25) is 0 Å². The molecule has 1 rings (SSSR count). The van der Waals surface area contributed by atoms with Crippen LogP contribution in [0.25, 0.3) is 0 Å². The van der Waals surface area contributed by atoms with Gasteiger partial charge in [0, 0.05) is 25.3 Å². The lowest BCUT2D eigenvalue weighted by molar-refractivity contribution is 0.686. The molecule has 0 bridgehead atoms. The second-order valence-electron chi connectivity index (χ2n) is 4.90. The molecule has 0 spiro atoms. The highest BCUT2D eigenvalue weighted by atomic mass is 15.2. The fourth-order valence-corrected chi connectivity index (χ4v) is 2.21. The van der Waals surface area contributed by atoms with E-state index in [9.17, 15) is 0 Å². The molecule has 0 radical (unpaired) electrons. The van der Waals surface area contributed by atoms with Crippen molar-refractivity contribution in [3.8, 4) is 0 Å². The number of aryl methyl sites for hydroxylation is 1. The maximum Gasteiger partial charge on any atom is 0.128 e. The lowest BCUT2D eigenvalue weighted by Gasteiger charge is -2.24. The Morgan fingerprint density at radius 2 is 1.83 bits per heavy atom. The number of pyridine rings is 1. The van der Waals surface area contributed by atoms with Crippen LogP contribution in [0.3, 0.4) is 0 Å². The molecule has 1 atom stereocenters. The van der Waals surface area contributed by atoms with Crippen LogP contribution in [0.4, 0.5) is 5.82 Å². The molecule has 102 valence electrons. The summed E-state index contributed by atoms with van der Waals surface area (Å²) in [5, 5.41) is 0. The zero-order chi connectivity index (χ0) is 13.5. The Bertz CT molecular complexity index is 357. The first-order chi connectivity index (χ1) is 8.63. The third-order valence-corrected chi connectivity index (χ3v) is 3.29. The summed E-state index contributed by atoms with van der Waals surface area (Å²) in [6.45, 7) is 10.8. The number of aromatic nitrogens is 1. The van der Waals surface area contributed by atoms with E-state index < -0.39 is 0 Å². The number of hydrogen-bond donors (Lipinski definition) is 1. The first-order valence-corrected chi connectivity index (χ1v) is 7.11. The highest BCUT2D eigenvalue weighted by molar-refractivity contribution is 5.44. The second-order valence-corrected chi connectivity index (χ2v) is 4.90. The molecule has 0 aliphatic carbocycles. The van der Waals surface area contributed by atoms with Crippen LogP contribution in [-0.4, -0.2) is 18.1 Å². The van der Waals surface area contributed by atoms with E-state index in [1.54, 1.807) is 0 Å². The van der Waals surface area contributed by atoms with Gasteiger partial charge in [0.15, 0.2) is 0 Å². The average molecular weight is 249 g/mol. The number of nitrogens with zero attached hydrogens (tertiary/aromatic N) is 2. The predicted molar refractivity (Wildman–Crippen MR) is 79.0 cm³/mol. The van der Waals surface area contributed by atoms with Crippen molar-refractivity contribution in [3.05, 3.63) is 23.4 Å². The maximum absolute atomic E-state index is 6.09. The zero-order valence-corrected chi connectivity index (χ0v) is 12.2. The van der Waals surface area contributed by atoms with Crippen molar-refractivity contribution in [1.82, 2.24) is 4.98 Å². The highest BCUT2D eigenvalue weighted by Crippen LogP contribution is 2.21. The molecule has 0 fully saturated rings. The zero-order valence-electron chi connectivity index (χ0n) is 12.2. The Balaban J connectivity index is 2.93. The molecule has 0 aromatic carbocycles. The van der Waals surface area contributed by atoms with E-state index in [1.807, 2.05) is 6.20 Å². The summed E-state index contributed by atoms with van der Waals surface area (Å²) in [5.41, 5.74) is 8.52. The van der Waals surface area contributed by atoms with Crippen LogP contribution in [0.5, 0.6) is 0 Å². The van der Waals surface area contributed by atoms with Gasteiger partial charge in [0.25, 0.3) is 0 Å². The molecule has 1 aromatic heterocycles. The minimum atomic E-state index is 0.109. The molecule has 18 heavy (non-hydrogen) atoms. The first kappa shape index (κ1) is 15.0. The van der Waals surface area contributed by atoms with Crippen LogP contribution in [0.2, 0.25) is 0 Å². The van der Waals surface area contributed by atoms with Crippen molar-refractivity contribution in [2.75, 3.05) is 18.0 Å². The molecule has 0 saturated heterocycles. The van der Waals surface area contributed by atoms with Gasteiger partial charge in [0.2, 0.25) is 0 Å². The summed E-state index contributed by atoms with van der Waals surface area (Å²) in [6.07, 6.45) is 5.21. The lowest BCUT2D eigenvalue weighted by atomic mass is 10.0. The third-order valence-electron chi connectivity index (χ3n) is 3.29. The van der Waals surface area contributed by atoms with Crippen LogP contribution in [0.1, 0.15) is 57.2 Å². The molecule has 1 heterocycles. The third kappa shape index (κ3) is 3.70. The minimum absolute atomic E-state index is 0.109. The first-order valence-electron chi connectivity index (χ1n) is 7.11. The molecule has 1 aromatic rings. The monoisotopic (exact) mass is 249 g/mol. The van der Waals surface area contributed by atoms with Crippen molar-refractivity contribution < 1.29 is 0 Å². The molecule has 0 unspecified atom stereocenters. The van der Waals surface area contributed by atoms with Crippen LogP contribution in [0.15, 0.2) is 12.3 Å². The van der Waals surface area contributed by atoms with Crippen molar-refractivity contribution in [2.45, 2.75) is 53.0 Å². The van der Waals surface area contributed by atoms with Crippen molar-refractivity contribution in [2.24, 2.45) is 5.73 Å². The number of rotatable bonds is 7. The van der Waals surface area contributed by atoms with Gasteiger partial charge in [-0.1, -0.05) is 20.8 Å². The fraction of sp³-hybridized carbons (Fsp3) is 0.667. The van der Waals surface area contributed by atoms with Gasteiger partial charge in [-0.2, -0.15) is 0 Å². The quantitative estimate of drug-likeness (QED) is 0.805. The van der Waals surface area contributed by atoms with Gasteiger partial charge in [-0.25, -0.2) is 4.98 Å². The van der Waals surface area contributed by atoms with Gasteiger partial charge in [0.1, 0.15) is 5.82 Å². The minimum Gasteiger partial charge on any atom is -0.357 e. The number of nitrogens with two attached hydrogens (primary N) is 1. The van der Waals surface area contributed by atoms with Crippen LogP contribution in [0, 0.1) is 6.92 Å². The molecule has 2 N–H and O–H groups in total. The molecule has 0 amide bonds. The SMILES string of the molecule is CCCN(CCC)c1cc(C)c([C@@H](N)CC)cn1. The van der Waals surface area contributed by atoms with Gasteiger partial charge in [0.05, 0.1) is 0 Å². The Labute approximate surface area is 111 Å². The fourth-order valence-electron chi connectivity index (χ4n) is 2.21. The average Bonchev–Trinajstić information content (AvgIpc) is 2.37. The van der Waals surface area contributed by atoms with Crippen molar-refractivity contribution in [3.63, 3.8) is 0 Å². The van der Waals surface area contributed by atoms with E-state index >= 15 is 0 Å². The van der Waals surface area contributed by atoms with Gasteiger partial charge >= 0.3 is 0 Å². The van der Waals surface area contributed by atoms with E-state index in [-0.39, 0.29) is 6.04 Å². The van der Waals surface area contributed by atoms with Crippen LogP contribution in [-0.2, 0) is 0 Å². The summed E-state index contributed by atoms with van der Waals surface area (Å²) in [7, 11) is 0. The second kappa shape index (κ2) is 7.37. The van der Waals surface area contributed by atoms with Gasteiger partial charge in [-0.05, 0) is 43.4 Å². The standard InChI is InChI=1S/C15H27N3/c1-5-8-18(9-6-2)15-10-12(4)13(11-17-15)14(16)7-3/h10-11,14H,5-9,16H2,1-4H3/t14-/m0/s1. The van der Waals surface area contributed by atoms with E-state index in [0.717, 1.165) is 38.2 Å². The normalized spacial score (nSPS) is 12.5. The summed E-state index contributed by atoms with van der Waals surface area (Å²) in [4.78, 5) is 6.95. The lowest BCUT2D eigenvalue weighted by Crippen LogP contribution is -2.26. The Morgan fingerprint density at radius 1 is 1.22 bits per heavy atom. The topological polar surface area (TPSA) is 42.1 Å². The molecule has 3 nitrogen and oxygen atoms in total. The van der Waals surface area contributed by atoms with E-state index in [1.165, 1.54) is 11.1 Å².